The van der Waals surface area contributed by atoms with Gasteiger partial charge in [-0.25, -0.2) is 5.01 Å². The van der Waals surface area contributed by atoms with Crippen LogP contribution in [0.2, 0.25) is 0 Å². The highest BCUT2D eigenvalue weighted by molar-refractivity contribution is 4.69. The van der Waals surface area contributed by atoms with E-state index in [0.717, 1.165) is 25.4 Å². The molecule has 1 radical (unpaired) electrons. The van der Waals surface area contributed by atoms with Crippen molar-refractivity contribution in [1.29, 1.82) is 0 Å². The van der Waals surface area contributed by atoms with E-state index < -0.39 is 0 Å². The summed E-state index contributed by atoms with van der Waals surface area (Å²) in [5.74, 6) is 6.36. The van der Waals surface area contributed by atoms with Gasteiger partial charge < -0.3 is 0 Å². The molecule has 0 saturated carbocycles. The van der Waals surface area contributed by atoms with Crippen molar-refractivity contribution >= 4 is 0 Å². The molecule has 2 N–H and O–H groups in total. The van der Waals surface area contributed by atoms with Gasteiger partial charge in [0.15, 0.2) is 0 Å². The summed E-state index contributed by atoms with van der Waals surface area (Å²) in [6.07, 6.45) is 3.60. The zero-order valence-electron chi connectivity index (χ0n) is 5.84. The number of rotatable bonds is 1. The zero-order chi connectivity index (χ0) is 6.69. The summed E-state index contributed by atoms with van der Waals surface area (Å²) in [4.78, 5) is 0. The lowest BCUT2D eigenvalue weighted by atomic mass is 9.97. The van der Waals surface area contributed by atoms with Gasteiger partial charge in [-0.1, -0.05) is 6.92 Å². The van der Waals surface area contributed by atoms with Gasteiger partial charge in [0.05, 0.1) is 0 Å². The Kier molecular flexibility index (Phi) is 2.49. The monoisotopic (exact) mass is 127 g/mol. The Morgan fingerprint density at radius 2 is 2.44 bits per heavy atom. The first-order valence-electron chi connectivity index (χ1n) is 3.62. The van der Waals surface area contributed by atoms with Crippen molar-refractivity contribution in [3.05, 3.63) is 6.92 Å². The Labute approximate surface area is 57.0 Å². The summed E-state index contributed by atoms with van der Waals surface area (Å²) in [5, 5.41) is 1.90. The van der Waals surface area contributed by atoms with Crippen LogP contribution in [0.3, 0.4) is 0 Å². The van der Waals surface area contributed by atoms with Crippen LogP contribution in [0, 0.1) is 12.8 Å². The van der Waals surface area contributed by atoms with Crippen molar-refractivity contribution in [2.75, 3.05) is 13.1 Å². The molecule has 2 nitrogen and oxygen atoms in total. The Bertz CT molecular complexity index is 83.0. The lowest BCUT2D eigenvalue weighted by Gasteiger charge is -2.28. The van der Waals surface area contributed by atoms with E-state index in [2.05, 4.69) is 6.92 Å². The van der Waals surface area contributed by atoms with Crippen molar-refractivity contribution in [2.45, 2.75) is 19.3 Å². The Morgan fingerprint density at radius 3 is 2.89 bits per heavy atom. The fourth-order valence-electron chi connectivity index (χ4n) is 1.33. The fourth-order valence-corrected chi connectivity index (χ4v) is 1.33. The second kappa shape index (κ2) is 3.18. The first-order valence-corrected chi connectivity index (χ1v) is 3.62. The molecule has 1 rings (SSSR count). The van der Waals surface area contributed by atoms with Crippen molar-refractivity contribution in [3.63, 3.8) is 0 Å². The van der Waals surface area contributed by atoms with Crippen LogP contribution in [-0.2, 0) is 0 Å². The quantitative estimate of drug-likeness (QED) is 0.528. The second-order valence-electron chi connectivity index (χ2n) is 2.79. The summed E-state index contributed by atoms with van der Waals surface area (Å²) in [6, 6.07) is 0. The van der Waals surface area contributed by atoms with Gasteiger partial charge in [0, 0.05) is 13.1 Å². The van der Waals surface area contributed by atoms with Gasteiger partial charge in [-0.15, -0.1) is 0 Å². The number of nitrogens with zero attached hydrogens (tertiary/aromatic N) is 1. The molecule has 1 atom stereocenters. The highest BCUT2D eigenvalue weighted by Gasteiger charge is 2.14. The summed E-state index contributed by atoms with van der Waals surface area (Å²) in [7, 11) is 0. The van der Waals surface area contributed by atoms with E-state index in [1.807, 2.05) is 5.01 Å². The molecule has 0 amide bonds. The first kappa shape index (κ1) is 7.03. The number of piperidine rings is 1. The Hall–Kier alpha value is -0.0800. The molecule has 0 aliphatic carbocycles. The van der Waals surface area contributed by atoms with E-state index in [0.29, 0.717) is 0 Å². The van der Waals surface area contributed by atoms with Crippen LogP contribution in [0.4, 0.5) is 0 Å². The van der Waals surface area contributed by atoms with Gasteiger partial charge in [0.2, 0.25) is 0 Å². The molecule has 1 saturated heterocycles. The van der Waals surface area contributed by atoms with E-state index >= 15 is 0 Å². The van der Waals surface area contributed by atoms with Gasteiger partial charge in [-0.05, 0) is 25.2 Å². The largest absolute Gasteiger partial charge is 0.269 e. The molecule has 9 heavy (non-hydrogen) atoms. The lowest BCUT2D eigenvalue weighted by Crippen LogP contribution is -2.40. The Balaban J connectivity index is 2.23. The molecule has 1 unspecified atom stereocenters. The van der Waals surface area contributed by atoms with Crippen LogP contribution in [0.15, 0.2) is 0 Å². The second-order valence-corrected chi connectivity index (χ2v) is 2.79. The van der Waals surface area contributed by atoms with Gasteiger partial charge >= 0.3 is 0 Å². The number of hydrazine groups is 1. The van der Waals surface area contributed by atoms with Gasteiger partial charge in [0.25, 0.3) is 0 Å². The predicted octanol–water partition coefficient (Wildman–Crippen LogP) is 0.796. The van der Waals surface area contributed by atoms with E-state index in [1.54, 1.807) is 0 Å². The molecule has 53 valence electrons. The van der Waals surface area contributed by atoms with Crippen LogP contribution in [0.1, 0.15) is 19.3 Å². The zero-order valence-corrected chi connectivity index (χ0v) is 5.84. The normalized spacial score (nSPS) is 30.7. The minimum atomic E-state index is 0.753. The summed E-state index contributed by atoms with van der Waals surface area (Å²) < 4.78 is 0. The predicted molar refractivity (Wildman–Crippen MR) is 38.5 cm³/mol. The molecule has 0 aromatic carbocycles. The van der Waals surface area contributed by atoms with Crippen molar-refractivity contribution in [1.82, 2.24) is 5.01 Å². The molecule has 1 heterocycles. The topological polar surface area (TPSA) is 29.3 Å². The first-order chi connectivity index (χ1) is 4.33. The molecule has 0 bridgehead atoms. The molecule has 1 aliphatic heterocycles. The van der Waals surface area contributed by atoms with Crippen LogP contribution in [-0.4, -0.2) is 18.1 Å². The maximum Gasteiger partial charge on any atom is 0.0156 e. The molecular weight excluding hydrogens is 112 g/mol. The van der Waals surface area contributed by atoms with Crippen molar-refractivity contribution in [3.8, 4) is 0 Å². The summed E-state index contributed by atoms with van der Waals surface area (Å²) >= 11 is 0. The third kappa shape index (κ3) is 1.95. The van der Waals surface area contributed by atoms with Gasteiger partial charge in [0.1, 0.15) is 0 Å². The van der Waals surface area contributed by atoms with Gasteiger partial charge in [-0.3, -0.25) is 5.84 Å². The average molecular weight is 127 g/mol. The SMILES string of the molecule is [CH2]CC1CCCN(N)C1. The van der Waals surface area contributed by atoms with Crippen molar-refractivity contribution in [2.24, 2.45) is 11.8 Å². The number of nitrogens with two attached hydrogens (primary N) is 1. The number of hydrogen-bond acceptors (Lipinski definition) is 2. The smallest absolute Gasteiger partial charge is 0.0156 e. The lowest BCUT2D eigenvalue weighted by molar-refractivity contribution is 0.178. The molecule has 1 aliphatic rings. The maximum atomic E-state index is 5.61. The number of hydrogen-bond donors (Lipinski definition) is 1. The maximum absolute atomic E-state index is 5.61. The van der Waals surface area contributed by atoms with E-state index in [1.165, 1.54) is 12.8 Å². The average Bonchev–Trinajstić information content (AvgIpc) is 1.88. The minimum absolute atomic E-state index is 0.753. The molecule has 0 spiro atoms. The van der Waals surface area contributed by atoms with Crippen LogP contribution in [0.25, 0.3) is 0 Å². The molecule has 2 heteroatoms. The van der Waals surface area contributed by atoms with Crippen LogP contribution >= 0.6 is 0 Å². The third-order valence-electron chi connectivity index (χ3n) is 1.96. The molecule has 0 aromatic heterocycles. The summed E-state index contributed by atoms with van der Waals surface area (Å²) in [5.41, 5.74) is 0. The highest BCUT2D eigenvalue weighted by Crippen LogP contribution is 2.15. The highest BCUT2D eigenvalue weighted by atomic mass is 15.4. The van der Waals surface area contributed by atoms with Crippen LogP contribution < -0.4 is 5.84 Å². The van der Waals surface area contributed by atoms with Crippen molar-refractivity contribution < 1.29 is 0 Å². The van der Waals surface area contributed by atoms with Crippen LogP contribution in [0.5, 0.6) is 0 Å². The van der Waals surface area contributed by atoms with Gasteiger partial charge in [-0.2, -0.15) is 0 Å². The minimum Gasteiger partial charge on any atom is -0.269 e. The van der Waals surface area contributed by atoms with E-state index in [4.69, 9.17) is 5.84 Å². The molecule has 1 fully saturated rings. The van der Waals surface area contributed by atoms with E-state index in [-0.39, 0.29) is 0 Å². The Morgan fingerprint density at radius 1 is 1.67 bits per heavy atom. The third-order valence-corrected chi connectivity index (χ3v) is 1.96. The summed E-state index contributed by atoms with van der Waals surface area (Å²) in [6.45, 7) is 5.97. The standard InChI is InChI=1S/C7H15N2/c1-2-7-4-3-5-9(8)6-7/h7H,1-6,8H2. The fraction of sp³-hybridized carbons (Fsp3) is 0.857. The molecule has 0 aromatic rings. The van der Waals surface area contributed by atoms with E-state index in [9.17, 15) is 0 Å². The molecular formula is C7H15N2.